The molecule has 0 saturated heterocycles. The van der Waals surface area contributed by atoms with Gasteiger partial charge in [0.15, 0.2) is 0 Å². The molecule has 2 heterocycles. The number of benzene rings is 2. The number of fused-ring (bicyclic) bond motifs is 1. The zero-order valence-electron chi connectivity index (χ0n) is 16.2. The van der Waals surface area contributed by atoms with Gasteiger partial charge in [0.2, 0.25) is 0 Å². The zero-order valence-corrected chi connectivity index (χ0v) is 18.6. The SMILES string of the molecule is Cc1nn(Cc2ccc(Cl)c(Cl)c2)c(C)c1NS(=O)(=O)c1cccc2cccnc12. The number of para-hydroxylation sites is 1. The second-order valence-corrected chi connectivity index (χ2v) is 9.35. The maximum absolute atomic E-state index is 13.1. The van der Waals surface area contributed by atoms with Crippen LogP contribution in [0, 0.1) is 13.8 Å². The van der Waals surface area contributed by atoms with Gasteiger partial charge in [0.25, 0.3) is 10.0 Å². The standard InChI is InChI=1S/C21H18Cl2N4O2S/c1-13-20(14(2)27(25-13)12-15-8-9-17(22)18(23)11-15)26-30(28,29)19-7-3-5-16-6-4-10-24-21(16)19/h3-11,26H,12H2,1-2H3. The topological polar surface area (TPSA) is 76.9 Å². The van der Waals surface area contributed by atoms with Crippen molar-refractivity contribution in [2.45, 2.75) is 25.3 Å². The molecule has 0 radical (unpaired) electrons. The number of nitrogens with one attached hydrogen (secondary N) is 1. The number of pyridine rings is 1. The molecule has 0 aliphatic rings. The first kappa shape index (κ1) is 20.7. The number of rotatable bonds is 5. The number of halogens is 2. The normalized spacial score (nSPS) is 11.7. The quantitative estimate of drug-likeness (QED) is 0.443. The molecule has 0 aliphatic heterocycles. The van der Waals surface area contributed by atoms with E-state index in [1.54, 1.807) is 48.1 Å². The predicted octanol–water partition coefficient (Wildman–Crippen LogP) is 5.20. The van der Waals surface area contributed by atoms with Gasteiger partial charge in [-0.05, 0) is 43.7 Å². The molecule has 0 aliphatic carbocycles. The second kappa shape index (κ2) is 7.91. The third-order valence-corrected chi connectivity index (χ3v) is 6.94. The summed E-state index contributed by atoms with van der Waals surface area (Å²) in [5.41, 5.74) is 3.04. The maximum atomic E-state index is 13.1. The Balaban J connectivity index is 1.68. The van der Waals surface area contributed by atoms with E-state index >= 15 is 0 Å². The summed E-state index contributed by atoms with van der Waals surface area (Å²) in [5, 5.41) is 6.19. The van der Waals surface area contributed by atoms with Crippen molar-refractivity contribution in [1.29, 1.82) is 0 Å². The molecule has 154 valence electrons. The van der Waals surface area contributed by atoms with E-state index in [9.17, 15) is 8.42 Å². The molecule has 0 spiro atoms. The van der Waals surface area contributed by atoms with Crippen LogP contribution in [0.1, 0.15) is 17.0 Å². The third-order valence-electron chi connectivity index (χ3n) is 4.82. The molecule has 30 heavy (non-hydrogen) atoms. The van der Waals surface area contributed by atoms with E-state index in [4.69, 9.17) is 23.2 Å². The highest BCUT2D eigenvalue weighted by Crippen LogP contribution is 2.28. The van der Waals surface area contributed by atoms with Crippen LogP contribution in [-0.2, 0) is 16.6 Å². The molecule has 2 aromatic carbocycles. The number of hydrogen-bond acceptors (Lipinski definition) is 4. The summed E-state index contributed by atoms with van der Waals surface area (Å²) >= 11 is 12.1. The molecule has 1 N–H and O–H groups in total. The van der Waals surface area contributed by atoms with Crippen molar-refractivity contribution < 1.29 is 8.42 Å². The molecule has 0 saturated carbocycles. The van der Waals surface area contributed by atoms with Crippen LogP contribution in [0.5, 0.6) is 0 Å². The Labute approximate surface area is 184 Å². The van der Waals surface area contributed by atoms with Gasteiger partial charge >= 0.3 is 0 Å². The van der Waals surface area contributed by atoms with E-state index in [1.807, 2.05) is 25.1 Å². The van der Waals surface area contributed by atoms with Crippen molar-refractivity contribution in [3.63, 3.8) is 0 Å². The molecule has 2 aromatic heterocycles. The van der Waals surface area contributed by atoms with Crippen molar-refractivity contribution >= 4 is 49.8 Å². The zero-order chi connectivity index (χ0) is 21.5. The number of nitrogens with zero attached hydrogens (tertiary/aromatic N) is 3. The van der Waals surface area contributed by atoms with Crippen molar-refractivity contribution in [2.75, 3.05) is 4.72 Å². The Morgan fingerprint density at radius 2 is 1.80 bits per heavy atom. The second-order valence-electron chi connectivity index (χ2n) is 6.89. The summed E-state index contributed by atoms with van der Waals surface area (Å²) in [4.78, 5) is 4.37. The van der Waals surface area contributed by atoms with E-state index < -0.39 is 10.0 Å². The molecule has 0 fully saturated rings. The number of hydrogen-bond donors (Lipinski definition) is 1. The van der Waals surface area contributed by atoms with Gasteiger partial charge in [-0.1, -0.05) is 47.5 Å². The molecule has 4 aromatic rings. The number of aryl methyl sites for hydroxylation is 1. The van der Waals surface area contributed by atoms with E-state index in [0.29, 0.717) is 39.2 Å². The van der Waals surface area contributed by atoms with Crippen LogP contribution in [0.4, 0.5) is 5.69 Å². The fraction of sp³-hybridized carbons (Fsp3) is 0.143. The van der Waals surface area contributed by atoms with Gasteiger partial charge in [-0.15, -0.1) is 0 Å². The van der Waals surface area contributed by atoms with Gasteiger partial charge in [0.1, 0.15) is 4.90 Å². The van der Waals surface area contributed by atoms with Crippen molar-refractivity contribution in [3.05, 3.63) is 81.7 Å². The average molecular weight is 461 g/mol. The lowest BCUT2D eigenvalue weighted by Crippen LogP contribution is -2.15. The predicted molar refractivity (Wildman–Crippen MR) is 120 cm³/mol. The maximum Gasteiger partial charge on any atom is 0.264 e. The molecule has 0 amide bonds. The number of sulfonamides is 1. The summed E-state index contributed by atoms with van der Waals surface area (Å²) in [6.07, 6.45) is 1.58. The Morgan fingerprint density at radius 3 is 2.57 bits per heavy atom. The molecule has 9 heteroatoms. The van der Waals surface area contributed by atoms with Gasteiger partial charge in [0, 0.05) is 11.6 Å². The van der Waals surface area contributed by atoms with Crippen LogP contribution in [0.3, 0.4) is 0 Å². The highest BCUT2D eigenvalue weighted by Gasteiger charge is 2.22. The minimum Gasteiger partial charge on any atom is -0.276 e. The van der Waals surface area contributed by atoms with Crippen LogP contribution in [0.2, 0.25) is 10.0 Å². The van der Waals surface area contributed by atoms with Crippen molar-refractivity contribution in [1.82, 2.24) is 14.8 Å². The molecule has 0 bridgehead atoms. The van der Waals surface area contributed by atoms with E-state index in [1.165, 1.54) is 0 Å². The summed E-state index contributed by atoms with van der Waals surface area (Å²) in [6, 6.07) is 14.0. The summed E-state index contributed by atoms with van der Waals surface area (Å²) in [6.45, 7) is 4.01. The number of aromatic nitrogens is 3. The Morgan fingerprint density at radius 1 is 1.03 bits per heavy atom. The fourth-order valence-electron chi connectivity index (χ4n) is 3.29. The lowest BCUT2D eigenvalue weighted by Gasteiger charge is -2.11. The summed E-state index contributed by atoms with van der Waals surface area (Å²) in [7, 11) is -3.86. The van der Waals surface area contributed by atoms with Gasteiger partial charge < -0.3 is 0 Å². The van der Waals surface area contributed by atoms with Crippen LogP contribution in [0.15, 0.2) is 59.6 Å². The molecular weight excluding hydrogens is 443 g/mol. The van der Waals surface area contributed by atoms with Crippen LogP contribution in [-0.4, -0.2) is 23.2 Å². The minimum atomic E-state index is -3.86. The smallest absolute Gasteiger partial charge is 0.264 e. The van der Waals surface area contributed by atoms with Gasteiger partial charge in [0.05, 0.1) is 39.2 Å². The Hall–Kier alpha value is -2.61. The number of anilines is 1. The monoisotopic (exact) mass is 460 g/mol. The largest absolute Gasteiger partial charge is 0.276 e. The minimum absolute atomic E-state index is 0.122. The van der Waals surface area contributed by atoms with Crippen LogP contribution in [0.25, 0.3) is 10.9 Å². The Kier molecular flexibility index (Phi) is 5.44. The highest BCUT2D eigenvalue weighted by atomic mass is 35.5. The lowest BCUT2D eigenvalue weighted by atomic mass is 10.2. The van der Waals surface area contributed by atoms with Gasteiger partial charge in [-0.2, -0.15) is 5.10 Å². The van der Waals surface area contributed by atoms with Crippen molar-refractivity contribution in [3.8, 4) is 0 Å². The molecule has 4 rings (SSSR count). The highest BCUT2D eigenvalue weighted by molar-refractivity contribution is 7.93. The first-order chi connectivity index (χ1) is 14.3. The Bertz CT molecular complexity index is 1360. The molecular formula is C21H18Cl2N4O2S. The van der Waals surface area contributed by atoms with Crippen LogP contribution >= 0.6 is 23.2 Å². The van der Waals surface area contributed by atoms with E-state index in [2.05, 4.69) is 14.8 Å². The molecule has 6 nitrogen and oxygen atoms in total. The van der Waals surface area contributed by atoms with Crippen molar-refractivity contribution in [2.24, 2.45) is 0 Å². The summed E-state index contributed by atoms with van der Waals surface area (Å²) in [5.74, 6) is 0. The fourth-order valence-corrected chi connectivity index (χ4v) is 4.97. The average Bonchev–Trinajstić information content (AvgIpc) is 2.97. The van der Waals surface area contributed by atoms with E-state index in [0.717, 1.165) is 10.9 Å². The molecule has 0 atom stereocenters. The summed E-state index contributed by atoms with van der Waals surface area (Å²) < 4.78 is 30.7. The van der Waals surface area contributed by atoms with Gasteiger partial charge in [-0.3, -0.25) is 14.4 Å². The first-order valence-electron chi connectivity index (χ1n) is 9.11. The van der Waals surface area contributed by atoms with E-state index in [-0.39, 0.29) is 4.90 Å². The van der Waals surface area contributed by atoms with Gasteiger partial charge in [-0.25, -0.2) is 8.42 Å². The third kappa shape index (κ3) is 3.88. The van der Waals surface area contributed by atoms with Crippen LogP contribution < -0.4 is 4.72 Å². The first-order valence-corrected chi connectivity index (χ1v) is 11.3. The molecule has 0 unspecified atom stereocenters. The lowest BCUT2D eigenvalue weighted by molar-refractivity contribution is 0.601.